The predicted molar refractivity (Wildman–Crippen MR) is 87.3 cm³/mol. The summed E-state index contributed by atoms with van der Waals surface area (Å²) in [7, 11) is 0. The first kappa shape index (κ1) is 16.7. The van der Waals surface area contributed by atoms with Crippen molar-refractivity contribution in [2.45, 2.75) is 26.3 Å². The van der Waals surface area contributed by atoms with E-state index in [1.54, 1.807) is 6.07 Å². The summed E-state index contributed by atoms with van der Waals surface area (Å²) in [6.07, 6.45) is 2.97. The van der Waals surface area contributed by atoms with E-state index in [0.717, 1.165) is 12.8 Å². The lowest BCUT2D eigenvalue weighted by atomic mass is 10.2. The van der Waals surface area contributed by atoms with Gasteiger partial charge in [-0.1, -0.05) is 24.9 Å². The monoisotopic (exact) mass is 330 g/mol. The van der Waals surface area contributed by atoms with Crippen LogP contribution in [0.15, 0.2) is 35.4 Å². The first-order valence-corrected chi connectivity index (χ1v) is 7.46. The zero-order valence-corrected chi connectivity index (χ0v) is 13.3. The maximum atomic E-state index is 12.1. The lowest BCUT2D eigenvalue weighted by Crippen LogP contribution is -2.28. The van der Waals surface area contributed by atoms with Crippen molar-refractivity contribution in [3.05, 3.63) is 57.2 Å². The van der Waals surface area contributed by atoms with Crippen LogP contribution in [-0.2, 0) is 17.8 Å². The number of carbonyl (C=O) groups is 1. The Morgan fingerprint density at radius 1 is 1.43 bits per heavy atom. The minimum Gasteiger partial charge on any atom is -0.323 e. The van der Waals surface area contributed by atoms with E-state index in [2.05, 4.69) is 10.3 Å². The third-order valence-corrected chi connectivity index (χ3v) is 3.37. The van der Waals surface area contributed by atoms with Gasteiger partial charge in [-0.05, 0) is 24.6 Å². The van der Waals surface area contributed by atoms with Gasteiger partial charge < -0.3 is 5.32 Å². The Bertz CT molecular complexity index is 824. The van der Waals surface area contributed by atoms with Gasteiger partial charge in [-0.25, -0.2) is 4.98 Å². The van der Waals surface area contributed by atoms with Gasteiger partial charge >= 0.3 is 0 Å². The predicted octanol–water partition coefficient (Wildman–Crippen LogP) is 2.36. The Morgan fingerprint density at radius 2 is 2.22 bits per heavy atom. The van der Waals surface area contributed by atoms with Crippen LogP contribution in [0.3, 0.4) is 0 Å². The van der Waals surface area contributed by atoms with E-state index in [-0.39, 0.29) is 12.1 Å². The molecular formula is C16H15ClN4O2. The number of hydrogen-bond donors (Lipinski definition) is 1. The minimum atomic E-state index is -0.434. The van der Waals surface area contributed by atoms with E-state index in [4.69, 9.17) is 16.9 Å². The molecule has 23 heavy (non-hydrogen) atoms. The van der Waals surface area contributed by atoms with Gasteiger partial charge in [0.2, 0.25) is 5.91 Å². The number of nitrogens with one attached hydrogen (secondary N) is 1. The average Bonchev–Trinajstić information content (AvgIpc) is 2.50. The van der Waals surface area contributed by atoms with Crippen LogP contribution in [0.1, 0.15) is 24.6 Å². The summed E-state index contributed by atoms with van der Waals surface area (Å²) in [5.41, 5.74) is 1.03. The number of halogens is 1. The second kappa shape index (κ2) is 7.56. The second-order valence-electron chi connectivity index (χ2n) is 4.95. The first-order valence-electron chi connectivity index (χ1n) is 7.08. The number of aromatic nitrogens is 2. The molecule has 118 valence electrons. The van der Waals surface area contributed by atoms with Gasteiger partial charge in [-0.2, -0.15) is 5.26 Å². The smallest absolute Gasteiger partial charge is 0.253 e. The van der Waals surface area contributed by atoms with Gasteiger partial charge in [-0.3, -0.25) is 14.2 Å². The molecule has 0 saturated heterocycles. The van der Waals surface area contributed by atoms with E-state index < -0.39 is 5.91 Å². The summed E-state index contributed by atoms with van der Waals surface area (Å²) in [6.45, 7) is 1.81. The second-order valence-corrected chi connectivity index (χ2v) is 5.38. The van der Waals surface area contributed by atoms with Crippen LogP contribution in [0.25, 0.3) is 0 Å². The highest BCUT2D eigenvalue weighted by Crippen LogP contribution is 2.20. The fourth-order valence-corrected chi connectivity index (χ4v) is 2.21. The molecule has 0 aliphatic heterocycles. The SMILES string of the molecule is CCCc1cc(=O)n(CC(=O)Nc2cc(Cl)ccc2C#N)cn1. The van der Waals surface area contributed by atoms with Crippen molar-refractivity contribution in [2.24, 2.45) is 0 Å². The molecule has 6 nitrogen and oxygen atoms in total. The molecule has 1 aromatic heterocycles. The molecule has 1 aromatic carbocycles. The molecule has 0 atom stereocenters. The average molecular weight is 331 g/mol. The number of nitrogens with zero attached hydrogens (tertiary/aromatic N) is 3. The van der Waals surface area contributed by atoms with Crippen molar-refractivity contribution >= 4 is 23.2 Å². The van der Waals surface area contributed by atoms with Gasteiger partial charge in [0.15, 0.2) is 0 Å². The molecule has 1 N–H and O–H groups in total. The maximum Gasteiger partial charge on any atom is 0.253 e. The number of aryl methyl sites for hydroxylation is 1. The Hall–Kier alpha value is -2.65. The molecule has 0 unspecified atom stereocenters. The molecule has 0 fully saturated rings. The molecular weight excluding hydrogens is 316 g/mol. The van der Waals surface area contributed by atoms with Crippen molar-refractivity contribution in [1.29, 1.82) is 5.26 Å². The Labute approximate surface area is 138 Å². The summed E-state index contributed by atoms with van der Waals surface area (Å²) in [5.74, 6) is -0.434. The summed E-state index contributed by atoms with van der Waals surface area (Å²) in [4.78, 5) is 28.2. The number of nitriles is 1. The quantitative estimate of drug-likeness (QED) is 0.911. The van der Waals surface area contributed by atoms with Gasteiger partial charge in [0.05, 0.1) is 17.6 Å². The molecule has 0 bridgehead atoms. The summed E-state index contributed by atoms with van der Waals surface area (Å²) < 4.78 is 1.21. The summed E-state index contributed by atoms with van der Waals surface area (Å²) in [5, 5.41) is 12.0. The standard InChI is InChI=1S/C16H15ClN4O2/c1-2-3-13-7-16(23)21(10-19-13)9-15(22)20-14-6-12(17)5-4-11(14)8-18/h4-7,10H,2-3,9H2,1H3,(H,20,22). The van der Waals surface area contributed by atoms with Crippen LogP contribution in [0.2, 0.25) is 5.02 Å². The summed E-state index contributed by atoms with van der Waals surface area (Å²) >= 11 is 5.86. The van der Waals surface area contributed by atoms with E-state index in [1.165, 1.54) is 29.1 Å². The van der Waals surface area contributed by atoms with Crippen molar-refractivity contribution < 1.29 is 4.79 Å². The number of benzene rings is 1. The highest BCUT2D eigenvalue weighted by molar-refractivity contribution is 6.31. The normalized spacial score (nSPS) is 10.1. The fraction of sp³-hybridized carbons (Fsp3) is 0.250. The first-order chi connectivity index (χ1) is 11.0. The summed E-state index contributed by atoms with van der Waals surface area (Å²) in [6, 6.07) is 7.97. The van der Waals surface area contributed by atoms with Crippen LogP contribution >= 0.6 is 11.6 Å². The zero-order valence-electron chi connectivity index (χ0n) is 12.5. The van der Waals surface area contributed by atoms with Crippen molar-refractivity contribution in [2.75, 3.05) is 5.32 Å². The lowest BCUT2D eigenvalue weighted by Gasteiger charge is -2.09. The highest BCUT2D eigenvalue weighted by atomic mass is 35.5. The number of amides is 1. The number of hydrogen-bond acceptors (Lipinski definition) is 4. The van der Waals surface area contributed by atoms with Crippen LogP contribution in [0.4, 0.5) is 5.69 Å². The topological polar surface area (TPSA) is 87.8 Å². The van der Waals surface area contributed by atoms with Crippen LogP contribution < -0.4 is 10.9 Å². The van der Waals surface area contributed by atoms with Crippen LogP contribution in [0, 0.1) is 11.3 Å². The van der Waals surface area contributed by atoms with Crippen molar-refractivity contribution in [3.63, 3.8) is 0 Å². The van der Waals surface area contributed by atoms with Crippen LogP contribution in [-0.4, -0.2) is 15.5 Å². The van der Waals surface area contributed by atoms with Gasteiger partial charge in [-0.15, -0.1) is 0 Å². The van der Waals surface area contributed by atoms with Crippen molar-refractivity contribution in [1.82, 2.24) is 9.55 Å². The third kappa shape index (κ3) is 4.41. The number of anilines is 1. The van der Waals surface area contributed by atoms with Gasteiger partial charge in [0, 0.05) is 16.8 Å². The van der Waals surface area contributed by atoms with Crippen molar-refractivity contribution in [3.8, 4) is 6.07 Å². The maximum absolute atomic E-state index is 12.1. The molecule has 7 heteroatoms. The number of rotatable bonds is 5. The van der Waals surface area contributed by atoms with Crippen LogP contribution in [0.5, 0.6) is 0 Å². The molecule has 0 saturated carbocycles. The molecule has 0 spiro atoms. The highest BCUT2D eigenvalue weighted by Gasteiger charge is 2.10. The Morgan fingerprint density at radius 3 is 2.87 bits per heavy atom. The molecule has 2 rings (SSSR count). The minimum absolute atomic E-state index is 0.185. The fourth-order valence-electron chi connectivity index (χ4n) is 2.04. The molecule has 1 amide bonds. The van der Waals surface area contributed by atoms with E-state index >= 15 is 0 Å². The molecule has 0 aliphatic carbocycles. The Kier molecular flexibility index (Phi) is 5.50. The molecule has 0 aliphatic rings. The van der Waals surface area contributed by atoms with Gasteiger partial charge in [0.25, 0.3) is 5.56 Å². The lowest BCUT2D eigenvalue weighted by molar-refractivity contribution is -0.116. The molecule has 1 heterocycles. The van der Waals surface area contributed by atoms with E-state index in [1.807, 2.05) is 13.0 Å². The van der Waals surface area contributed by atoms with E-state index in [0.29, 0.717) is 22.0 Å². The zero-order chi connectivity index (χ0) is 16.8. The largest absolute Gasteiger partial charge is 0.323 e. The molecule has 2 aromatic rings. The third-order valence-electron chi connectivity index (χ3n) is 3.13. The Balaban J connectivity index is 2.13. The molecule has 0 radical (unpaired) electrons. The van der Waals surface area contributed by atoms with E-state index in [9.17, 15) is 9.59 Å². The number of carbonyl (C=O) groups excluding carboxylic acids is 1. The van der Waals surface area contributed by atoms with Gasteiger partial charge in [0.1, 0.15) is 12.6 Å².